The minimum absolute atomic E-state index is 0.00617. The maximum atomic E-state index is 12.5. The summed E-state index contributed by atoms with van der Waals surface area (Å²) < 4.78 is 5.60. The predicted molar refractivity (Wildman–Crippen MR) is 85.5 cm³/mol. The number of carboxylic acid groups (broad SMARTS) is 1. The highest BCUT2D eigenvalue weighted by Crippen LogP contribution is 2.38. The van der Waals surface area contributed by atoms with Gasteiger partial charge in [0.2, 0.25) is 5.91 Å². The molecule has 0 radical (unpaired) electrons. The van der Waals surface area contributed by atoms with Gasteiger partial charge < -0.3 is 15.2 Å². The van der Waals surface area contributed by atoms with Gasteiger partial charge in [0.25, 0.3) is 0 Å². The number of amides is 1. The lowest BCUT2D eigenvalue weighted by Crippen LogP contribution is -2.38. The summed E-state index contributed by atoms with van der Waals surface area (Å²) in [4.78, 5) is 23.5. The third kappa shape index (κ3) is 3.44. The van der Waals surface area contributed by atoms with Crippen LogP contribution in [0.2, 0.25) is 5.02 Å². The first-order chi connectivity index (χ1) is 11.1. The van der Waals surface area contributed by atoms with Crippen molar-refractivity contribution in [1.29, 1.82) is 0 Å². The number of benzene rings is 1. The normalized spacial score (nSPS) is 26.7. The number of carbonyl (C=O) groups is 2. The van der Waals surface area contributed by atoms with Gasteiger partial charge in [0.05, 0.1) is 23.6 Å². The van der Waals surface area contributed by atoms with Gasteiger partial charge in [0.1, 0.15) is 5.75 Å². The van der Waals surface area contributed by atoms with Gasteiger partial charge in [-0.05, 0) is 31.7 Å². The van der Waals surface area contributed by atoms with Crippen molar-refractivity contribution in [2.24, 2.45) is 11.8 Å². The summed E-state index contributed by atoms with van der Waals surface area (Å²) in [6.45, 7) is 0.521. The van der Waals surface area contributed by atoms with Crippen molar-refractivity contribution in [3.05, 3.63) is 28.8 Å². The summed E-state index contributed by atoms with van der Waals surface area (Å²) in [7, 11) is 0. The molecule has 2 aliphatic rings. The van der Waals surface area contributed by atoms with Gasteiger partial charge in [0.15, 0.2) is 0 Å². The van der Waals surface area contributed by atoms with Crippen LogP contribution in [-0.2, 0) is 9.59 Å². The first kappa shape index (κ1) is 16.1. The van der Waals surface area contributed by atoms with Crippen LogP contribution in [0, 0.1) is 11.8 Å². The summed E-state index contributed by atoms with van der Waals surface area (Å²) in [6.07, 6.45) is 3.12. The molecule has 1 aromatic carbocycles. The molecule has 1 atom stereocenters. The molecule has 0 bridgehead atoms. The molecule has 1 unspecified atom stereocenters. The molecule has 1 heterocycles. The Morgan fingerprint density at radius 3 is 2.52 bits per heavy atom. The first-order valence-corrected chi connectivity index (χ1v) is 8.38. The average molecular weight is 338 g/mol. The fourth-order valence-electron chi connectivity index (χ4n) is 3.43. The zero-order valence-electron chi connectivity index (χ0n) is 12.8. The standard InChI is InChI=1S/C17H20ClNO4/c18-13-3-1-2-12-14(8-9-23-15(12)13)19-16(20)10-4-6-11(7-5-10)17(21)22/h1-3,10-11,14H,4-9H2,(H,19,20)(H,21,22). The number of aliphatic carboxylic acids is 1. The van der Waals surface area contributed by atoms with E-state index < -0.39 is 5.97 Å². The van der Waals surface area contributed by atoms with Gasteiger partial charge in [-0.1, -0.05) is 23.7 Å². The third-order valence-corrected chi connectivity index (χ3v) is 5.09. The van der Waals surface area contributed by atoms with E-state index in [9.17, 15) is 9.59 Å². The maximum Gasteiger partial charge on any atom is 0.306 e. The maximum absolute atomic E-state index is 12.5. The van der Waals surface area contributed by atoms with Crippen molar-refractivity contribution in [2.45, 2.75) is 38.1 Å². The molecular weight excluding hydrogens is 318 g/mol. The van der Waals surface area contributed by atoms with Crippen molar-refractivity contribution >= 4 is 23.5 Å². The Bertz CT molecular complexity index is 611. The van der Waals surface area contributed by atoms with Crippen molar-refractivity contribution < 1.29 is 19.4 Å². The number of para-hydroxylation sites is 1. The lowest BCUT2D eigenvalue weighted by atomic mass is 9.81. The molecule has 0 spiro atoms. The zero-order valence-corrected chi connectivity index (χ0v) is 13.5. The number of ether oxygens (including phenoxy) is 1. The van der Waals surface area contributed by atoms with E-state index in [-0.39, 0.29) is 23.8 Å². The van der Waals surface area contributed by atoms with E-state index in [0.29, 0.717) is 49.5 Å². The molecule has 5 nitrogen and oxygen atoms in total. The number of rotatable bonds is 3. The van der Waals surface area contributed by atoms with Gasteiger partial charge in [-0.15, -0.1) is 0 Å². The van der Waals surface area contributed by atoms with E-state index in [4.69, 9.17) is 21.4 Å². The van der Waals surface area contributed by atoms with E-state index >= 15 is 0 Å². The van der Waals surface area contributed by atoms with Crippen LogP contribution < -0.4 is 10.1 Å². The largest absolute Gasteiger partial charge is 0.492 e. The molecule has 1 aliphatic heterocycles. The summed E-state index contributed by atoms with van der Waals surface area (Å²) >= 11 is 6.15. The molecule has 3 rings (SSSR count). The molecule has 23 heavy (non-hydrogen) atoms. The second-order valence-electron chi connectivity index (χ2n) is 6.24. The van der Waals surface area contributed by atoms with Crippen molar-refractivity contribution in [2.75, 3.05) is 6.61 Å². The van der Waals surface area contributed by atoms with Crippen molar-refractivity contribution in [3.63, 3.8) is 0 Å². The molecular formula is C17H20ClNO4. The Kier molecular flexibility index (Phi) is 4.76. The minimum Gasteiger partial charge on any atom is -0.492 e. The smallest absolute Gasteiger partial charge is 0.306 e. The van der Waals surface area contributed by atoms with Crippen LogP contribution in [0.5, 0.6) is 5.75 Å². The molecule has 1 fully saturated rings. The zero-order chi connectivity index (χ0) is 16.4. The van der Waals surface area contributed by atoms with E-state index in [1.54, 1.807) is 6.07 Å². The lowest BCUT2D eigenvalue weighted by molar-refractivity contribution is -0.144. The Morgan fingerprint density at radius 2 is 1.83 bits per heavy atom. The highest BCUT2D eigenvalue weighted by Gasteiger charge is 2.32. The van der Waals surface area contributed by atoms with Crippen LogP contribution in [0.1, 0.15) is 43.7 Å². The Morgan fingerprint density at radius 1 is 1.13 bits per heavy atom. The van der Waals surface area contributed by atoms with Gasteiger partial charge in [-0.25, -0.2) is 0 Å². The Labute approximate surface area is 140 Å². The van der Waals surface area contributed by atoms with Crippen LogP contribution in [0.25, 0.3) is 0 Å². The monoisotopic (exact) mass is 337 g/mol. The van der Waals surface area contributed by atoms with Crippen LogP contribution in [0.4, 0.5) is 0 Å². The molecule has 1 aliphatic carbocycles. The van der Waals surface area contributed by atoms with Crippen LogP contribution >= 0.6 is 11.6 Å². The molecule has 2 N–H and O–H groups in total. The van der Waals surface area contributed by atoms with Gasteiger partial charge in [-0.3, -0.25) is 9.59 Å². The van der Waals surface area contributed by atoms with Crippen molar-refractivity contribution in [1.82, 2.24) is 5.32 Å². The van der Waals surface area contributed by atoms with Gasteiger partial charge >= 0.3 is 5.97 Å². The fourth-order valence-corrected chi connectivity index (χ4v) is 3.66. The number of fused-ring (bicyclic) bond motifs is 1. The van der Waals surface area contributed by atoms with Gasteiger partial charge in [0, 0.05) is 17.9 Å². The summed E-state index contributed by atoms with van der Waals surface area (Å²) in [5.41, 5.74) is 0.913. The number of carbonyl (C=O) groups excluding carboxylic acids is 1. The number of hydrogen-bond acceptors (Lipinski definition) is 3. The number of hydrogen-bond donors (Lipinski definition) is 2. The fraction of sp³-hybridized carbons (Fsp3) is 0.529. The lowest BCUT2D eigenvalue weighted by Gasteiger charge is -2.30. The molecule has 1 amide bonds. The summed E-state index contributed by atoms with van der Waals surface area (Å²) in [6, 6.07) is 5.46. The summed E-state index contributed by atoms with van der Waals surface area (Å²) in [5.74, 6) is -0.499. The molecule has 1 aromatic rings. The second kappa shape index (κ2) is 6.79. The van der Waals surface area contributed by atoms with E-state index in [1.165, 1.54) is 0 Å². The van der Waals surface area contributed by atoms with Crippen LogP contribution in [-0.4, -0.2) is 23.6 Å². The molecule has 0 aromatic heterocycles. The van der Waals surface area contributed by atoms with Crippen LogP contribution in [0.3, 0.4) is 0 Å². The van der Waals surface area contributed by atoms with Crippen LogP contribution in [0.15, 0.2) is 18.2 Å². The number of halogens is 1. The number of carboxylic acids is 1. The van der Waals surface area contributed by atoms with E-state index in [0.717, 1.165) is 5.56 Å². The Balaban J connectivity index is 1.64. The summed E-state index contributed by atoms with van der Waals surface area (Å²) in [5, 5.41) is 12.7. The van der Waals surface area contributed by atoms with E-state index in [1.807, 2.05) is 12.1 Å². The number of nitrogens with one attached hydrogen (secondary N) is 1. The molecule has 0 saturated heterocycles. The molecule has 124 valence electrons. The highest BCUT2D eigenvalue weighted by molar-refractivity contribution is 6.32. The average Bonchev–Trinajstić information content (AvgIpc) is 2.56. The molecule has 6 heteroatoms. The third-order valence-electron chi connectivity index (χ3n) is 4.79. The van der Waals surface area contributed by atoms with Gasteiger partial charge in [-0.2, -0.15) is 0 Å². The SMILES string of the molecule is O=C(O)C1CCC(C(=O)NC2CCOc3c(Cl)cccc32)CC1. The van der Waals surface area contributed by atoms with Crippen molar-refractivity contribution in [3.8, 4) is 5.75 Å². The van der Waals surface area contributed by atoms with E-state index in [2.05, 4.69) is 5.32 Å². The molecule has 1 saturated carbocycles. The minimum atomic E-state index is -0.753. The second-order valence-corrected chi connectivity index (χ2v) is 6.65. The predicted octanol–water partition coefficient (Wildman–Crippen LogP) is 3.17. The Hall–Kier alpha value is -1.75. The topological polar surface area (TPSA) is 75.6 Å². The highest BCUT2D eigenvalue weighted by atomic mass is 35.5. The quantitative estimate of drug-likeness (QED) is 0.888. The first-order valence-electron chi connectivity index (χ1n) is 8.00.